The van der Waals surface area contributed by atoms with Crippen LogP contribution in [0.4, 0.5) is 0 Å². The first-order valence-corrected chi connectivity index (χ1v) is 6.02. The van der Waals surface area contributed by atoms with Gasteiger partial charge in [-0.15, -0.1) is 0 Å². The zero-order valence-corrected chi connectivity index (χ0v) is 9.81. The highest BCUT2D eigenvalue weighted by atomic mass is 16.3. The Morgan fingerprint density at radius 2 is 2.24 bits per heavy atom. The van der Waals surface area contributed by atoms with E-state index < -0.39 is 6.10 Å². The molecule has 3 heteroatoms. The molecule has 0 radical (unpaired) electrons. The maximum absolute atomic E-state index is 12.2. The van der Waals surface area contributed by atoms with Crippen LogP contribution in [0.2, 0.25) is 0 Å². The average Bonchev–Trinajstić information content (AvgIpc) is 2.33. The Labute approximate surface area is 99.3 Å². The highest BCUT2D eigenvalue weighted by molar-refractivity contribution is 5.83. The van der Waals surface area contributed by atoms with E-state index in [9.17, 15) is 9.90 Å². The molecule has 1 N–H and O–H groups in total. The lowest BCUT2D eigenvalue weighted by Gasteiger charge is -2.20. The molecule has 1 unspecified atom stereocenters. The average molecular weight is 229 g/mol. The molecule has 2 heterocycles. The number of hydrogen-bond donors (Lipinski definition) is 1. The number of para-hydroxylation sites is 1. The molecule has 1 atom stereocenters. The number of aryl methyl sites for hydroxylation is 2. The third kappa shape index (κ3) is 1.50. The highest BCUT2D eigenvalue weighted by Gasteiger charge is 2.17. The van der Waals surface area contributed by atoms with Gasteiger partial charge in [0.05, 0.1) is 11.6 Å². The Morgan fingerprint density at radius 1 is 1.41 bits per heavy atom. The Balaban J connectivity index is 2.46. The minimum atomic E-state index is -0.707. The standard InChI is InChI=1S/C14H15NO2/c1-9(16)12-8-11-5-2-4-10-6-3-7-15(13(10)11)14(12)17/h2,4-5,8-9,16H,3,6-7H2,1H3. The summed E-state index contributed by atoms with van der Waals surface area (Å²) in [5, 5.41) is 10.7. The Kier molecular flexibility index (Phi) is 2.30. The van der Waals surface area contributed by atoms with E-state index in [1.54, 1.807) is 6.92 Å². The lowest BCUT2D eigenvalue weighted by atomic mass is 9.99. The van der Waals surface area contributed by atoms with Crippen molar-refractivity contribution in [3.63, 3.8) is 0 Å². The van der Waals surface area contributed by atoms with Crippen molar-refractivity contribution >= 4 is 10.9 Å². The predicted octanol–water partition coefficient (Wildman–Crippen LogP) is 2.00. The molecule has 0 aliphatic carbocycles. The summed E-state index contributed by atoms with van der Waals surface area (Å²) in [5.41, 5.74) is 2.74. The van der Waals surface area contributed by atoms with E-state index in [1.807, 2.05) is 22.8 Å². The highest BCUT2D eigenvalue weighted by Crippen LogP contribution is 2.25. The summed E-state index contributed by atoms with van der Waals surface area (Å²) in [5.74, 6) is 0. The van der Waals surface area contributed by atoms with Crippen LogP contribution in [0.5, 0.6) is 0 Å². The summed E-state index contributed by atoms with van der Waals surface area (Å²) in [6, 6.07) is 7.93. The number of rotatable bonds is 1. The SMILES string of the molecule is CC(O)c1cc2cccc3c2n(c1=O)CCC3. The lowest BCUT2D eigenvalue weighted by Crippen LogP contribution is -2.28. The molecule has 2 aromatic rings. The lowest BCUT2D eigenvalue weighted by molar-refractivity contribution is 0.197. The molecule has 3 rings (SSSR count). The molecule has 1 aliphatic heterocycles. The van der Waals surface area contributed by atoms with E-state index in [0.29, 0.717) is 5.56 Å². The fourth-order valence-electron chi connectivity index (χ4n) is 2.69. The maximum Gasteiger partial charge on any atom is 0.256 e. The van der Waals surface area contributed by atoms with Gasteiger partial charge in [0, 0.05) is 12.1 Å². The zero-order valence-electron chi connectivity index (χ0n) is 9.81. The summed E-state index contributed by atoms with van der Waals surface area (Å²) >= 11 is 0. The molecule has 88 valence electrons. The van der Waals surface area contributed by atoms with E-state index in [2.05, 4.69) is 6.07 Å². The van der Waals surface area contributed by atoms with Gasteiger partial charge in [0.25, 0.3) is 5.56 Å². The number of aromatic nitrogens is 1. The van der Waals surface area contributed by atoms with Gasteiger partial charge in [0.2, 0.25) is 0 Å². The summed E-state index contributed by atoms with van der Waals surface area (Å²) in [7, 11) is 0. The molecule has 0 spiro atoms. The number of nitrogens with zero attached hydrogens (tertiary/aromatic N) is 1. The van der Waals surface area contributed by atoms with Gasteiger partial charge in [-0.05, 0) is 36.8 Å². The zero-order chi connectivity index (χ0) is 12.0. The number of aliphatic hydroxyl groups excluding tert-OH is 1. The van der Waals surface area contributed by atoms with Gasteiger partial charge in [-0.3, -0.25) is 4.79 Å². The van der Waals surface area contributed by atoms with Gasteiger partial charge in [-0.2, -0.15) is 0 Å². The number of pyridine rings is 1. The van der Waals surface area contributed by atoms with E-state index in [0.717, 1.165) is 30.3 Å². The van der Waals surface area contributed by atoms with Crippen LogP contribution in [0, 0.1) is 0 Å². The molecular weight excluding hydrogens is 214 g/mol. The summed E-state index contributed by atoms with van der Waals surface area (Å²) < 4.78 is 1.82. The minimum Gasteiger partial charge on any atom is -0.388 e. The van der Waals surface area contributed by atoms with Crippen LogP contribution >= 0.6 is 0 Å². The number of aliphatic hydroxyl groups is 1. The summed E-state index contributed by atoms with van der Waals surface area (Å²) in [4.78, 5) is 12.2. The summed E-state index contributed by atoms with van der Waals surface area (Å²) in [6.07, 6.45) is 1.32. The molecule has 0 fully saturated rings. The first-order chi connectivity index (χ1) is 8.18. The first-order valence-electron chi connectivity index (χ1n) is 6.02. The van der Waals surface area contributed by atoms with Crippen LogP contribution < -0.4 is 5.56 Å². The van der Waals surface area contributed by atoms with Gasteiger partial charge >= 0.3 is 0 Å². The maximum atomic E-state index is 12.2. The van der Waals surface area contributed by atoms with E-state index in [1.165, 1.54) is 5.56 Å². The van der Waals surface area contributed by atoms with Crippen LogP contribution in [-0.4, -0.2) is 9.67 Å². The third-order valence-corrected chi connectivity index (χ3v) is 3.50. The van der Waals surface area contributed by atoms with Crippen molar-refractivity contribution in [2.75, 3.05) is 0 Å². The molecule has 1 aromatic heterocycles. The second-order valence-corrected chi connectivity index (χ2v) is 4.69. The molecule has 0 amide bonds. The van der Waals surface area contributed by atoms with Crippen molar-refractivity contribution in [2.24, 2.45) is 0 Å². The van der Waals surface area contributed by atoms with Gasteiger partial charge in [0.15, 0.2) is 0 Å². The predicted molar refractivity (Wildman–Crippen MR) is 67.2 cm³/mol. The molecular formula is C14H15NO2. The quantitative estimate of drug-likeness (QED) is 0.812. The van der Waals surface area contributed by atoms with Crippen LogP contribution in [0.3, 0.4) is 0 Å². The van der Waals surface area contributed by atoms with Crippen LogP contribution in [-0.2, 0) is 13.0 Å². The Bertz CT molecular complexity index is 640. The first kappa shape index (κ1) is 10.5. The van der Waals surface area contributed by atoms with Gasteiger partial charge in [-0.1, -0.05) is 18.2 Å². The van der Waals surface area contributed by atoms with Crippen molar-refractivity contribution in [2.45, 2.75) is 32.4 Å². The molecule has 0 bridgehead atoms. The molecule has 1 aromatic carbocycles. The minimum absolute atomic E-state index is 0.0420. The van der Waals surface area contributed by atoms with E-state index in [4.69, 9.17) is 0 Å². The third-order valence-electron chi connectivity index (χ3n) is 3.50. The van der Waals surface area contributed by atoms with E-state index in [-0.39, 0.29) is 5.56 Å². The van der Waals surface area contributed by atoms with Crippen molar-refractivity contribution < 1.29 is 5.11 Å². The van der Waals surface area contributed by atoms with Gasteiger partial charge in [-0.25, -0.2) is 0 Å². The largest absolute Gasteiger partial charge is 0.388 e. The molecule has 0 saturated heterocycles. The smallest absolute Gasteiger partial charge is 0.256 e. The second kappa shape index (κ2) is 3.70. The van der Waals surface area contributed by atoms with Gasteiger partial charge in [0.1, 0.15) is 0 Å². The molecule has 0 saturated carbocycles. The number of benzene rings is 1. The van der Waals surface area contributed by atoms with Crippen LogP contribution in [0.1, 0.15) is 30.6 Å². The normalized spacial score (nSPS) is 16.1. The van der Waals surface area contributed by atoms with Crippen molar-refractivity contribution in [3.05, 3.63) is 45.7 Å². The van der Waals surface area contributed by atoms with Crippen molar-refractivity contribution in [1.82, 2.24) is 4.57 Å². The molecule has 3 nitrogen and oxygen atoms in total. The molecule has 17 heavy (non-hydrogen) atoms. The fourth-order valence-corrected chi connectivity index (χ4v) is 2.69. The van der Waals surface area contributed by atoms with Gasteiger partial charge < -0.3 is 9.67 Å². The van der Waals surface area contributed by atoms with Crippen LogP contribution in [0.15, 0.2) is 29.1 Å². The Hall–Kier alpha value is -1.61. The fraction of sp³-hybridized carbons (Fsp3) is 0.357. The second-order valence-electron chi connectivity index (χ2n) is 4.69. The molecule has 1 aliphatic rings. The van der Waals surface area contributed by atoms with Crippen LogP contribution in [0.25, 0.3) is 10.9 Å². The summed E-state index contributed by atoms with van der Waals surface area (Å²) in [6.45, 7) is 2.40. The van der Waals surface area contributed by atoms with Crippen molar-refractivity contribution in [1.29, 1.82) is 0 Å². The monoisotopic (exact) mass is 229 g/mol. The Morgan fingerprint density at radius 3 is 3.00 bits per heavy atom. The number of hydrogen-bond acceptors (Lipinski definition) is 2. The van der Waals surface area contributed by atoms with Crippen molar-refractivity contribution in [3.8, 4) is 0 Å². The topological polar surface area (TPSA) is 42.2 Å². The van der Waals surface area contributed by atoms with E-state index >= 15 is 0 Å².